The summed E-state index contributed by atoms with van der Waals surface area (Å²) < 4.78 is 2.06. The van der Waals surface area contributed by atoms with Crippen LogP contribution < -0.4 is 5.32 Å². The molecule has 2 amide bonds. The molecular weight excluding hydrogens is 202 g/mol. The summed E-state index contributed by atoms with van der Waals surface area (Å²) >= 11 is 0. The Labute approximate surface area is 96.2 Å². The quantitative estimate of drug-likeness (QED) is 0.826. The summed E-state index contributed by atoms with van der Waals surface area (Å²) in [5, 5.41) is 2.88. The van der Waals surface area contributed by atoms with Crippen molar-refractivity contribution in [1.82, 2.24) is 14.8 Å². The molecule has 0 unspecified atom stereocenters. The minimum atomic E-state index is 0.0613. The predicted molar refractivity (Wildman–Crippen MR) is 63.1 cm³/mol. The Balaban J connectivity index is 2.03. The van der Waals surface area contributed by atoms with Crippen LogP contribution in [-0.2, 0) is 13.6 Å². The first-order valence-corrected chi connectivity index (χ1v) is 5.87. The maximum Gasteiger partial charge on any atom is 0.317 e. The van der Waals surface area contributed by atoms with Gasteiger partial charge in [-0.15, -0.1) is 0 Å². The molecule has 1 heterocycles. The van der Waals surface area contributed by atoms with Gasteiger partial charge < -0.3 is 14.8 Å². The van der Waals surface area contributed by atoms with Crippen LogP contribution in [-0.4, -0.2) is 28.1 Å². The second kappa shape index (κ2) is 4.60. The molecule has 1 aliphatic rings. The Hall–Kier alpha value is -1.45. The van der Waals surface area contributed by atoms with Gasteiger partial charge in [-0.05, 0) is 31.9 Å². The van der Waals surface area contributed by atoms with Crippen molar-refractivity contribution in [2.24, 2.45) is 7.05 Å². The minimum absolute atomic E-state index is 0.0613. The fraction of sp³-hybridized carbons (Fsp3) is 0.583. The number of amides is 2. The van der Waals surface area contributed by atoms with Gasteiger partial charge in [0.1, 0.15) is 0 Å². The van der Waals surface area contributed by atoms with Gasteiger partial charge >= 0.3 is 6.03 Å². The van der Waals surface area contributed by atoms with Crippen LogP contribution in [0.1, 0.15) is 25.5 Å². The molecule has 0 aliphatic heterocycles. The van der Waals surface area contributed by atoms with Crippen LogP contribution in [0.25, 0.3) is 0 Å². The smallest absolute Gasteiger partial charge is 0.317 e. The molecule has 0 aromatic carbocycles. The molecule has 0 atom stereocenters. The topological polar surface area (TPSA) is 37.3 Å². The molecule has 0 spiro atoms. The molecule has 2 rings (SSSR count). The molecule has 1 aliphatic carbocycles. The maximum absolute atomic E-state index is 11.9. The molecule has 0 saturated heterocycles. The first kappa shape index (κ1) is 11.0. The largest absolute Gasteiger partial charge is 0.353 e. The first-order chi connectivity index (χ1) is 7.72. The molecule has 0 bridgehead atoms. The van der Waals surface area contributed by atoms with Crippen molar-refractivity contribution < 1.29 is 4.79 Å². The number of aryl methyl sites for hydroxylation is 1. The van der Waals surface area contributed by atoms with Gasteiger partial charge in [-0.25, -0.2) is 4.79 Å². The Bertz CT molecular complexity index is 368. The number of carbonyl (C=O) groups excluding carboxylic acids is 1. The van der Waals surface area contributed by atoms with E-state index in [0.29, 0.717) is 19.1 Å². The van der Waals surface area contributed by atoms with Crippen molar-refractivity contribution in [2.75, 3.05) is 6.54 Å². The van der Waals surface area contributed by atoms with Gasteiger partial charge in [0.25, 0.3) is 0 Å². The highest BCUT2D eigenvalue weighted by Gasteiger charge is 2.32. The number of nitrogens with zero attached hydrogens (tertiary/aromatic N) is 2. The normalized spacial score (nSPS) is 14.9. The average molecular weight is 221 g/mol. The number of rotatable bonds is 4. The van der Waals surface area contributed by atoms with Crippen LogP contribution in [0.3, 0.4) is 0 Å². The van der Waals surface area contributed by atoms with E-state index in [1.54, 1.807) is 0 Å². The third-order valence-corrected chi connectivity index (χ3v) is 2.96. The summed E-state index contributed by atoms with van der Waals surface area (Å²) in [5.41, 5.74) is 1.18. The molecule has 1 aromatic rings. The number of urea groups is 1. The summed E-state index contributed by atoms with van der Waals surface area (Å²) in [6.45, 7) is 3.35. The Kier molecular flexibility index (Phi) is 3.17. The standard InChI is InChI=1S/C12H19N3O/c1-3-13-12(16)15(10-6-7-10)9-11-5-4-8-14(11)2/h4-5,8,10H,3,6-7,9H2,1-2H3,(H,13,16). The second-order valence-electron chi connectivity index (χ2n) is 4.30. The summed E-state index contributed by atoms with van der Waals surface area (Å²) in [4.78, 5) is 13.8. The lowest BCUT2D eigenvalue weighted by molar-refractivity contribution is 0.191. The van der Waals surface area contributed by atoms with Gasteiger partial charge in [0.2, 0.25) is 0 Å². The zero-order valence-electron chi connectivity index (χ0n) is 9.94. The number of nitrogens with one attached hydrogen (secondary N) is 1. The lowest BCUT2D eigenvalue weighted by Crippen LogP contribution is -2.41. The molecular formula is C12H19N3O. The Morgan fingerprint density at radius 1 is 1.62 bits per heavy atom. The number of hydrogen-bond donors (Lipinski definition) is 1. The summed E-state index contributed by atoms with van der Waals surface area (Å²) in [7, 11) is 2.01. The predicted octanol–water partition coefficient (Wildman–Crippen LogP) is 1.72. The zero-order chi connectivity index (χ0) is 11.5. The van der Waals surface area contributed by atoms with E-state index in [2.05, 4.69) is 16.0 Å². The van der Waals surface area contributed by atoms with Crippen LogP contribution >= 0.6 is 0 Å². The highest BCUT2D eigenvalue weighted by molar-refractivity contribution is 5.74. The van der Waals surface area contributed by atoms with Crippen LogP contribution in [0.15, 0.2) is 18.3 Å². The summed E-state index contributed by atoms with van der Waals surface area (Å²) in [6, 6.07) is 4.58. The maximum atomic E-state index is 11.9. The molecule has 4 heteroatoms. The Morgan fingerprint density at radius 3 is 2.88 bits per heavy atom. The molecule has 16 heavy (non-hydrogen) atoms. The van der Waals surface area contributed by atoms with Gasteiger partial charge in [0.15, 0.2) is 0 Å². The lowest BCUT2D eigenvalue weighted by Gasteiger charge is -2.22. The van der Waals surface area contributed by atoms with Gasteiger partial charge in [0, 0.05) is 31.5 Å². The van der Waals surface area contributed by atoms with Crippen LogP contribution in [0.2, 0.25) is 0 Å². The highest BCUT2D eigenvalue weighted by atomic mass is 16.2. The van der Waals surface area contributed by atoms with Gasteiger partial charge in [0.05, 0.1) is 6.54 Å². The zero-order valence-corrected chi connectivity index (χ0v) is 9.94. The van der Waals surface area contributed by atoms with E-state index < -0.39 is 0 Å². The van der Waals surface area contributed by atoms with Gasteiger partial charge in [-0.3, -0.25) is 0 Å². The summed E-state index contributed by atoms with van der Waals surface area (Å²) in [6.07, 6.45) is 4.29. The van der Waals surface area contributed by atoms with E-state index in [1.807, 2.05) is 31.1 Å². The SMILES string of the molecule is CCNC(=O)N(Cc1cccn1C)C1CC1. The molecule has 88 valence electrons. The van der Waals surface area contributed by atoms with Crippen LogP contribution in [0.4, 0.5) is 4.79 Å². The minimum Gasteiger partial charge on any atom is -0.353 e. The second-order valence-corrected chi connectivity index (χ2v) is 4.30. The number of aromatic nitrogens is 1. The van der Waals surface area contributed by atoms with Crippen molar-refractivity contribution in [3.63, 3.8) is 0 Å². The molecule has 0 radical (unpaired) electrons. The molecule has 1 saturated carbocycles. The third-order valence-electron chi connectivity index (χ3n) is 2.96. The first-order valence-electron chi connectivity index (χ1n) is 5.87. The van der Waals surface area contributed by atoms with E-state index in [0.717, 1.165) is 12.8 Å². The van der Waals surface area contributed by atoms with E-state index in [9.17, 15) is 4.79 Å². The van der Waals surface area contributed by atoms with Crippen molar-refractivity contribution in [3.8, 4) is 0 Å². The van der Waals surface area contributed by atoms with Crippen LogP contribution in [0.5, 0.6) is 0 Å². The number of carbonyl (C=O) groups is 1. The number of hydrogen-bond acceptors (Lipinski definition) is 1. The van der Waals surface area contributed by atoms with E-state index >= 15 is 0 Å². The van der Waals surface area contributed by atoms with E-state index in [4.69, 9.17) is 0 Å². The lowest BCUT2D eigenvalue weighted by atomic mass is 10.3. The molecule has 1 N–H and O–H groups in total. The third kappa shape index (κ3) is 2.38. The summed E-state index contributed by atoms with van der Waals surface area (Å²) in [5.74, 6) is 0. The van der Waals surface area contributed by atoms with Crippen molar-refractivity contribution in [2.45, 2.75) is 32.4 Å². The average Bonchev–Trinajstić information content (AvgIpc) is 3.00. The fourth-order valence-corrected chi connectivity index (χ4v) is 1.84. The van der Waals surface area contributed by atoms with Gasteiger partial charge in [-0.2, -0.15) is 0 Å². The van der Waals surface area contributed by atoms with Crippen molar-refractivity contribution in [3.05, 3.63) is 24.0 Å². The molecule has 4 nitrogen and oxygen atoms in total. The van der Waals surface area contributed by atoms with E-state index in [1.165, 1.54) is 5.69 Å². The van der Waals surface area contributed by atoms with Crippen molar-refractivity contribution in [1.29, 1.82) is 0 Å². The van der Waals surface area contributed by atoms with Crippen molar-refractivity contribution >= 4 is 6.03 Å². The van der Waals surface area contributed by atoms with E-state index in [-0.39, 0.29) is 6.03 Å². The molecule has 1 fully saturated rings. The van der Waals surface area contributed by atoms with Gasteiger partial charge in [-0.1, -0.05) is 0 Å². The highest BCUT2D eigenvalue weighted by Crippen LogP contribution is 2.28. The van der Waals surface area contributed by atoms with Crippen LogP contribution in [0, 0.1) is 0 Å². The molecule has 1 aromatic heterocycles. The monoisotopic (exact) mass is 221 g/mol. The fourth-order valence-electron chi connectivity index (χ4n) is 1.84. The Morgan fingerprint density at radius 2 is 2.38 bits per heavy atom.